The molecule has 0 radical (unpaired) electrons. The second-order valence-electron chi connectivity index (χ2n) is 6.30. The lowest BCUT2D eigenvalue weighted by Gasteiger charge is -2.13. The van der Waals surface area contributed by atoms with Crippen LogP contribution in [-0.4, -0.2) is 26.9 Å². The molecule has 2 N–H and O–H groups in total. The molecule has 2 aromatic carbocycles. The van der Waals surface area contributed by atoms with E-state index in [1.807, 2.05) is 6.92 Å². The van der Waals surface area contributed by atoms with Crippen LogP contribution in [0.15, 0.2) is 64.9 Å². The summed E-state index contributed by atoms with van der Waals surface area (Å²) in [6.45, 7) is 3.77. The topological polar surface area (TPSA) is 102 Å². The molecule has 3 aromatic rings. The van der Waals surface area contributed by atoms with Crippen LogP contribution in [-0.2, 0) is 14.8 Å². The molecule has 0 fully saturated rings. The number of rotatable bonds is 7. The van der Waals surface area contributed by atoms with Gasteiger partial charge < -0.3 is 10.1 Å². The van der Waals surface area contributed by atoms with Gasteiger partial charge in [-0.2, -0.15) is 0 Å². The number of aryl methyl sites for hydroxylation is 1. The van der Waals surface area contributed by atoms with E-state index in [9.17, 15) is 18.0 Å². The van der Waals surface area contributed by atoms with Crippen molar-refractivity contribution in [2.45, 2.75) is 18.7 Å². The second-order valence-corrected chi connectivity index (χ2v) is 8.90. The smallest absolute Gasteiger partial charge is 0.341 e. The van der Waals surface area contributed by atoms with Gasteiger partial charge in [0.15, 0.2) is 0 Å². The average molecular weight is 445 g/mol. The van der Waals surface area contributed by atoms with Crippen molar-refractivity contribution in [1.29, 1.82) is 0 Å². The summed E-state index contributed by atoms with van der Waals surface area (Å²) in [5, 5.41) is 4.65. The fraction of sp³-hybridized carbons (Fsp3) is 0.143. The summed E-state index contributed by atoms with van der Waals surface area (Å²) in [5.74, 6) is -1.09. The van der Waals surface area contributed by atoms with E-state index in [1.54, 1.807) is 42.6 Å². The Morgan fingerprint density at radius 3 is 2.40 bits per heavy atom. The third-order valence-electron chi connectivity index (χ3n) is 4.13. The van der Waals surface area contributed by atoms with E-state index in [-0.39, 0.29) is 28.3 Å². The van der Waals surface area contributed by atoms with Crippen molar-refractivity contribution in [2.75, 3.05) is 16.6 Å². The van der Waals surface area contributed by atoms with E-state index >= 15 is 0 Å². The lowest BCUT2D eigenvalue weighted by atomic mass is 10.1. The summed E-state index contributed by atoms with van der Waals surface area (Å²) in [5.41, 5.74) is 1.43. The SMILES string of the molecule is CCOC(=O)c1ccsc1NC(=O)c1ccccc1NS(=O)(=O)c1ccc(C)cc1. The zero-order valence-corrected chi connectivity index (χ0v) is 18.0. The van der Waals surface area contributed by atoms with Crippen molar-refractivity contribution in [3.63, 3.8) is 0 Å². The van der Waals surface area contributed by atoms with Gasteiger partial charge in [-0.15, -0.1) is 11.3 Å². The van der Waals surface area contributed by atoms with Gasteiger partial charge in [0, 0.05) is 0 Å². The first kappa shape index (κ1) is 21.5. The van der Waals surface area contributed by atoms with Crippen molar-refractivity contribution >= 4 is 43.9 Å². The number of carbonyl (C=O) groups excluding carboxylic acids is 2. The third kappa shape index (κ3) is 4.87. The minimum Gasteiger partial charge on any atom is -0.462 e. The predicted octanol–water partition coefficient (Wildman–Crippen LogP) is 4.29. The Bertz CT molecular complexity index is 1170. The average Bonchev–Trinajstić information content (AvgIpc) is 3.17. The number of hydrogen-bond acceptors (Lipinski definition) is 6. The fourth-order valence-corrected chi connectivity index (χ4v) is 4.49. The maximum absolute atomic E-state index is 12.8. The Morgan fingerprint density at radius 2 is 1.70 bits per heavy atom. The minimum atomic E-state index is -3.88. The largest absolute Gasteiger partial charge is 0.462 e. The van der Waals surface area contributed by atoms with E-state index in [4.69, 9.17) is 4.74 Å². The molecule has 0 bridgehead atoms. The van der Waals surface area contributed by atoms with Crippen LogP contribution in [0, 0.1) is 6.92 Å². The monoisotopic (exact) mass is 444 g/mol. The number of ether oxygens (including phenoxy) is 1. The number of carbonyl (C=O) groups is 2. The first-order valence-electron chi connectivity index (χ1n) is 9.06. The van der Waals surface area contributed by atoms with Gasteiger partial charge in [0.25, 0.3) is 15.9 Å². The van der Waals surface area contributed by atoms with Crippen LogP contribution in [0.1, 0.15) is 33.2 Å². The van der Waals surface area contributed by atoms with Crippen LogP contribution >= 0.6 is 11.3 Å². The lowest BCUT2D eigenvalue weighted by Crippen LogP contribution is -2.19. The number of esters is 1. The standard InChI is InChI=1S/C21H20N2O5S2/c1-3-28-21(25)17-12-13-29-20(17)22-19(24)16-6-4-5-7-18(16)23-30(26,27)15-10-8-14(2)9-11-15/h4-13,23H,3H2,1-2H3,(H,22,24). The van der Waals surface area contributed by atoms with Gasteiger partial charge in [-0.05, 0) is 49.6 Å². The molecular weight excluding hydrogens is 424 g/mol. The van der Waals surface area contributed by atoms with Crippen LogP contribution in [0.25, 0.3) is 0 Å². The van der Waals surface area contributed by atoms with Gasteiger partial charge in [-0.3, -0.25) is 9.52 Å². The Labute approximate surface area is 178 Å². The number of amides is 1. The van der Waals surface area contributed by atoms with Crippen molar-refractivity contribution < 1.29 is 22.7 Å². The van der Waals surface area contributed by atoms with Crippen LogP contribution in [0.2, 0.25) is 0 Å². The molecule has 30 heavy (non-hydrogen) atoms. The van der Waals surface area contributed by atoms with Crippen molar-refractivity contribution in [3.8, 4) is 0 Å². The quantitative estimate of drug-likeness (QED) is 0.530. The molecule has 9 heteroatoms. The van der Waals surface area contributed by atoms with Crippen LogP contribution in [0.3, 0.4) is 0 Å². The number of nitrogens with one attached hydrogen (secondary N) is 2. The summed E-state index contributed by atoms with van der Waals surface area (Å²) in [6, 6.07) is 14.2. The van der Waals surface area contributed by atoms with E-state index in [0.29, 0.717) is 5.00 Å². The first-order chi connectivity index (χ1) is 14.3. The van der Waals surface area contributed by atoms with Crippen LogP contribution < -0.4 is 10.0 Å². The van der Waals surface area contributed by atoms with Gasteiger partial charge in [0.05, 0.1) is 28.3 Å². The Kier molecular flexibility index (Phi) is 6.53. The molecule has 7 nitrogen and oxygen atoms in total. The molecule has 0 aliphatic rings. The number of para-hydroxylation sites is 1. The van der Waals surface area contributed by atoms with Crippen molar-refractivity contribution in [2.24, 2.45) is 0 Å². The fourth-order valence-electron chi connectivity index (χ4n) is 2.64. The number of thiophene rings is 1. The number of sulfonamides is 1. The number of benzene rings is 2. The minimum absolute atomic E-state index is 0.0890. The molecule has 0 aliphatic carbocycles. The zero-order valence-electron chi connectivity index (χ0n) is 16.3. The van der Waals surface area contributed by atoms with E-state index < -0.39 is 21.9 Å². The molecule has 156 valence electrons. The molecule has 1 heterocycles. The summed E-state index contributed by atoms with van der Waals surface area (Å²) in [6.07, 6.45) is 0. The van der Waals surface area contributed by atoms with Gasteiger partial charge in [0.1, 0.15) is 5.00 Å². The molecule has 1 aromatic heterocycles. The molecule has 0 saturated heterocycles. The van der Waals surface area contributed by atoms with E-state index in [2.05, 4.69) is 10.0 Å². The Balaban J connectivity index is 1.85. The number of hydrogen-bond donors (Lipinski definition) is 2. The van der Waals surface area contributed by atoms with Crippen molar-refractivity contribution in [1.82, 2.24) is 0 Å². The number of anilines is 2. The first-order valence-corrected chi connectivity index (χ1v) is 11.4. The predicted molar refractivity (Wildman–Crippen MR) is 117 cm³/mol. The Morgan fingerprint density at radius 1 is 1.00 bits per heavy atom. The molecule has 1 amide bonds. The lowest BCUT2D eigenvalue weighted by molar-refractivity contribution is 0.0528. The normalized spacial score (nSPS) is 11.0. The maximum atomic E-state index is 12.8. The van der Waals surface area contributed by atoms with Gasteiger partial charge in [0.2, 0.25) is 0 Å². The molecule has 0 aliphatic heterocycles. The summed E-state index contributed by atoms with van der Waals surface area (Å²) in [7, 11) is -3.88. The van der Waals surface area contributed by atoms with Crippen molar-refractivity contribution in [3.05, 3.63) is 76.7 Å². The highest BCUT2D eigenvalue weighted by molar-refractivity contribution is 7.92. The third-order valence-corrected chi connectivity index (χ3v) is 6.35. The maximum Gasteiger partial charge on any atom is 0.341 e. The summed E-state index contributed by atoms with van der Waals surface area (Å²) < 4.78 is 32.9. The molecule has 3 rings (SSSR count). The van der Waals surface area contributed by atoms with E-state index in [1.165, 1.54) is 35.6 Å². The Hall–Kier alpha value is -3.17. The molecule has 0 atom stereocenters. The van der Waals surface area contributed by atoms with Gasteiger partial charge >= 0.3 is 5.97 Å². The van der Waals surface area contributed by atoms with Gasteiger partial charge in [-0.25, -0.2) is 13.2 Å². The summed E-state index contributed by atoms with van der Waals surface area (Å²) in [4.78, 5) is 25.0. The summed E-state index contributed by atoms with van der Waals surface area (Å²) >= 11 is 1.17. The highest BCUT2D eigenvalue weighted by Gasteiger charge is 2.21. The molecular formula is C21H20N2O5S2. The molecule has 0 spiro atoms. The molecule has 0 saturated carbocycles. The molecule has 0 unspecified atom stereocenters. The highest BCUT2D eigenvalue weighted by Crippen LogP contribution is 2.27. The second kappa shape index (κ2) is 9.10. The zero-order chi connectivity index (χ0) is 21.7. The van der Waals surface area contributed by atoms with Crippen LogP contribution in [0.4, 0.5) is 10.7 Å². The van der Waals surface area contributed by atoms with Crippen LogP contribution in [0.5, 0.6) is 0 Å². The van der Waals surface area contributed by atoms with Gasteiger partial charge in [-0.1, -0.05) is 29.8 Å². The van der Waals surface area contributed by atoms with E-state index in [0.717, 1.165) is 5.56 Å². The highest BCUT2D eigenvalue weighted by atomic mass is 32.2.